The molecule has 1 fully saturated rings. The predicted octanol–water partition coefficient (Wildman–Crippen LogP) is 4.51. The van der Waals surface area contributed by atoms with E-state index in [2.05, 4.69) is 20.9 Å². The zero-order valence-corrected chi connectivity index (χ0v) is 23.5. The smallest absolute Gasteiger partial charge is 0.360 e. The number of carbonyl (C=O) groups is 3. The second-order valence-corrected chi connectivity index (χ2v) is 9.20. The van der Waals surface area contributed by atoms with E-state index >= 15 is 0 Å². The molecule has 0 saturated carbocycles. The van der Waals surface area contributed by atoms with Crippen LogP contribution in [0.25, 0.3) is 0 Å². The Morgan fingerprint density at radius 2 is 1.46 bits per heavy atom. The maximum absolute atomic E-state index is 13.0. The molecule has 0 aromatic heterocycles. The van der Waals surface area contributed by atoms with Crippen molar-refractivity contribution in [1.29, 1.82) is 0 Å². The minimum absolute atomic E-state index is 0.130. The SMILES string of the molecule is CCOC(=O)C1=C(OCC)C(N2CCOCC2)=CCC(c2ccc(NC(=O)Nc3ccc(NC(C)=O)cc3)cc2)=N1. The van der Waals surface area contributed by atoms with E-state index in [9.17, 15) is 14.4 Å². The van der Waals surface area contributed by atoms with E-state index in [0.717, 1.165) is 11.3 Å². The Morgan fingerprint density at radius 3 is 2.02 bits per heavy atom. The first kappa shape index (κ1) is 29.3. The fraction of sp³-hybridized carbons (Fsp3) is 0.333. The second-order valence-electron chi connectivity index (χ2n) is 9.20. The van der Waals surface area contributed by atoms with Crippen molar-refractivity contribution in [2.75, 3.05) is 55.5 Å². The molecule has 41 heavy (non-hydrogen) atoms. The summed E-state index contributed by atoms with van der Waals surface area (Å²) in [5, 5.41) is 8.25. The molecule has 4 rings (SSSR count). The number of esters is 1. The van der Waals surface area contributed by atoms with Crippen molar-refractivity contribution in [2.24, 2.45) is 4.99 Å². The van der Waals surface area contributed by atoms with Gasteiger partial charge in [0.05, 0.1) is 37.8 Å². The van der Waals surface area contributed by atoms with Crippen LogP contribution in [0.15, 0.2) is 76.8 Å². The molecule has 11 heteroatoms. The second kappa shape index (κ2) is 14.1. The summed E-state index contributed by atoms with van der Waals surface area (Å²) in [6.45, 7) is 8.16. The van der Waals surface area contributed by atoms with E-state index in [1.54, 1.807) is 43.3 Å². The van der Waals surface area contributed by atoms with Gasteiger partial charge in [-0.2, -0.15) is 0 Å². The summed E-state index contributed by atoms with van der Waals surface area (Å²) in [5.74, 6) is -0.310. The first-order valence-electron chi connectivity index (χ1n) is 13.6. The fourth-order valence-corrected chi connectivity index (χ4v) is 4.40. The number of hydrogen-bond donors (Lipinski definition) is 3. The predicted molar refractivity (Wildman–Crippen MR) is 157 cm³/mol. The van der Waals surface area contributed by atoms with Gasteiger partial charge in [0.15, 0.2) is 11.5 Å². The molecule has 0 unspecified atom stereocenters. The van der Waals surface area contributed by atoms with Crippen LogP contribution in [-0.4, -0.2) is 68.0 Å². The molecular weight excluding hydrogens is 526 g/mol. The Kier molecular flexibility index (Phi) is 10.1. The topological polar surface area (TPSA) is 131 Å². The maximum atomic E-state index is 13.0. The van der Waals surface area contributed by atoms with E-state index in [1.165, 1.54) is 6.92 Å². The Labute approximate surface area is 239 Å². The van der Waals surface area contributed by atoms with Gasteiger partial charge in [0.1, 0.15) is 0 Å². The van der Waals surface area contributed by atoms with Crippen LogP contribution in [0.2, 0.25) is 0 Å². The zero-order chi connectivity index (χ0) is 29.2. The van der Waals surface area contributed by atoms with Gasteiger partial charge in [0.25, 0.3) is 0 Å². The van der Waals surface area contributed by atoms with Crippen LogP contribution in [0.4, 0.5) is 21.9 Å². The largest absolute Gasteiger partial charge is 0.489 e. The van der Waals surface area contributed by atoms with Crippen LogP contribution >= 0.6 is 0 Å². The molecule has 0 atom stereocenters. The first-order chi connectivity index (χ1) is 19.9. The highest BCUT2D eigenvalue weighted by Crippen LogP contribution is 2.28. The van der Waals surface area contributed by atoms with Gasteiger partial charge in [-0.1, -0.05) is 18.2 Å². The monoisotopic (exact) mass is 561 g/mol. The number of morpholine rings is 1. The first-order valence-corrected chi connectivity index (χ1v) is 13.6. The molecule has 11 nitrogen and oxygen atoms in total. The van der Waals surface area contributed by atoms with Crippen LogP contribution in [-0.2, 0) is 23.8 Å². The van der Waals surface area contributed by atoms with E-state index in [0.29, 0.717) is 67.9 Å². The molecule has 3 amide bonds. The van der Waals surface area contributed by atoms with Crippen LogP contribution < -0.4 is 16.0 Å². The summed E-state index contributed by atoms with van der Waals surface area (Å²) in [4.78, 5) is 43.6. The zero-order valence-electron chi connectivity index (χ0n) is 23.5. The number of allylic oxidation sites excluding steroid dienone is 1. The van der Waals surface area contributed by atoms with E-state index in [-0.39, 0.29) is 18.2 Å². The van der Waals surface area contributed by atoms with Crippen molar-refractivity contribution < 1.29 is 28.6 Å². The van der Waals surface area contributed by atoms with Crippen molar-refractivity contribution in [1.82, 2.24) is 4.90 Å². The molecule has 2 heterocycles. The molecule has 216 valence electrons. The molecule has 3 N–H and O–H groups in total. The lowest BCUT2D eigenvalue weighted by molar-refractivity contribution is -0.138. The number of hydrogen-bond acceptors (Lipinski definition) is 8. The van der Waals surface area contributed by atoms with Crippen LogP contribution in [0, 0.1) is 0 Å². The third-order valence-corrected chi connectivity index (χ3v) is 6.23. The summed E-state index contributed by atoms with van der Waals surface area (Å²) >= 11 is 0. The van der Waals surface area contributed by atoms with E-state index in [4.69, 9.17) is 19.2 Å². The number of nitrogens with one attached hydrogen (secondary N) is 3. The van der Waals surface area contributed by atoms with Gasteiger partial charge in [-0.25, -0.2) is 14.6 Å². The van der Waals surface area contributed by atoms with Gasteiger partial charge >= 0.3 is 12.0 Å². The lowest BCUT2D eigenvalue weighted by atomic mass is 10.1. The molecule has 2 aromatic rings. The normalized spacial score (nSPS) is 15.2. The number of anilines is 3. The molecule has 0 radical (unpaired) electrons. The van der Waals surface area contributed by atoms with Gasteiger partial charge in [-0.05, 0) is 55.8 Å². The van der Waals surface area contributed by atoms with Crippen molar-refractivity contribution in [3.05, 3.63) is 77.3 Å². The van der Waals surface area contributed by atoms with Gasteiger partial charge in [-0.15, -0.1) is 0 Å². The summed E-state index contributed by atoms with van der Waals surface area (Å²) < 4.78 is 16.8. The lowest BCUT2D eigenvalue weighted by Crippen LogP contribution is -2.36. The molecule has 1 saturated heterocycles. The lowest BCUT2D eigenvalue weighted by Gasteiger charge is -2.32. The number of rotatable bonds is 9. The summed E-state index contributed by atoms with van der Waals surface area (Å²) in [7, 11) is 0. The third kappa shape index (κ3) is 7.95. The molecule has 2 aliphatic heterocycles. The minimum Gasteiger partial charge on any atom is -0.489 e. The number of benzene rings is 2. The minimum atomic E-state index is -0.547. The van der Waals surface area contributed by atoms with Crippen LogP contribution in [0.1, 0.15) is 32.8 Å². The van der Waals surface area contributed by atoms with Crippen LogP contribution in [0.3, 0.4) is 0 Å². The van der Waals surface area contributed by atoms with Gasteiger partial charge in [-0.3, -0.25) is 4.79 Å². The average Bonchev–Trinajstić information content (AvgIpc) is 3.15. The number of carbonyl (C=O) groups excluding carboxylic acids is 3. The third-order valence-electron chi connectivity index (χ3n) is 6.23. The fourth-order valence-electron chi connectivity index (χ4n) is 4.40. The quantitative estimate of drug-likeness (QED) is 0.384. The highest BCUT2D eigenvalue weighted by Gasteiger charge is 2.28. The summed E-state index contributed by atoms with van der Waals surface area (Å²) in [5.41, 5.74) is 4.19. The van der Waals surface area contributed by atoms with E-state index in [1.807, 2.05) is 25.1 Å². The van der Waals surface area contributed by atoms with Crippen molar-refractivity contribution in [3.63, 3.8) is 0 Å². The highest BCUT2D eigenvalue weighted by atomic mass is 16.5. The molecule has 0 aliphatic carbocycles. The number of aliphatic imine (C=N–C) groups is 1. The summed E-state index contributed by atoms with van der Waals surface area (Å²) in [6.07, 6.45) is 2.49. The molecule has 0 bridgehead atoms. The summed E-state index contributed by atoms with van der Waals surface area (Å²) in [6, 6.07) is 13.6. The van der Waals surface area contributed by atoms with Gasteiger partial charge < -0.3 is 35.1 Å². The average molecular weight is 562 g/mol. The number of nitrogens with zero attached hydrogens (tertiary/aromatic N) is 2. The maximum Gasteiger partial charge on any atom is 0.360 e. The van der Waals surface area contributed by atoms with Crippen molar-refractivity contribution in [3.8, 4) is 0 Å². The Bertz CT molecular complexity index is 1340. The molecular formula is C30H35N5O6. The van der Waals surface area contributed by atoms with Crippen molar-refractivity contribution >= 4 is 40.7 Å². The number of ether oxygens (including phenoxy) is 3. The van der Waals surface area contributed by atoms with Crippen LogP contribution in [0.5, 0.6) is 0 Å². The van der Waals surface area contributed by atoms with E-state index < -0.39 is 12.0 Å². The molecule has 0 spiro atoms. The molecule has 2 aromatic carbocycles. The Morgan fingerprint density at radius 1 is 0.878 bits per heavy atom. The van der Waals surface area contributed by atoms with Crippen molar-refractivity contribution in [2.45, 2.75) is 27.2 Å². The molecule has 2 aliphatic rings. The Balaban J connectivity index is 1.52. The highest BCUT2D eigenvalue weighted by molar-refractivity contribution is 6.06. The number of urea groups is 1. The Hall–Kier alpha value is -4.64. The van der Waals surface area contributed by atoms with Gasteiger partial charge in [0, 0.05) is 43.5 Å². The van der Waals surface area contributed by atoms with Gasteiger partial charge in [0.2, 0.25) is 5.91 Å². The number of amides is 3. The standard InChI is InChI=1S/C30H35N5O6/c1-4-40-28-26(35-16-18-39-19-17-35)15-14-25(34-27(28)29(37)41-5-2)21-6-8-23(9-7-21)32-30(38)33-24-12-10-22(11-13-24)31-20(3)36/h6-13,15H,4-5,14,16-19H2,1-3H3,(H,31,36)(H2,32,33,38).